The summed E-state index contributed by atoms with van der Waals surface area (Å²) < 4.78 is 10.3. The second kappa shape index (κ2) is 8.39. The van der Waals surface area contributed by atoms with Gasteiger partial charge in [-0.15, -0.1) is 0 Å². The molecule has 1 N–H and O–H groups in total. The van der Waals surface area contributed by atoms with E-state index < -0.39 is 12.0 Å². The summed E-state index contributed by atoms with van der Waals surface area (Å²) >= 11 is 8.00. The van der Waals surface area contributed by atoms with E-state index in [0.717, 1.165) is 32.2 Å². The topological polar surface area (TPSA) is 70.1 Å². The number of benzene rings is 2. The molecule has 2 amide bonds. The molecular weight excluding hydrogens is 524 g/mol. The van der Waals surface area contributed by atoms with Crippen LogP contribution in [0.3, 0.4) is 0 Å². The molecular formula is C20H18Br2N2O4S. The Morgan fingerprint density at radius 1 is 0.966 bits per heavy atom. The van der Waals surface area contributed by atoms with Crippen molar-refractivity contribution < 1.29 is 19.4 Å². The first kappa shape index (κ1) is 20.9. The Morgan fingerprint density at radius 3 is 2.03 bits per heavy atom. The zero-order valence-corrected chi connectivity index (χ0v) is 19.4. The van der Waals surface area contributed by atoms with E-state index in [-0.39, 0.29) is 30.5 Å². The van der Waals surface area contributed by atoms with Gasteiger partial charge in [-0.1, -0.05) is 56.1 Å². The maximum Gasteiger partial charge on any atom is 0.266 e. The van der Waals surface area contributed by atoms with Gasteiger partial charge in [0.15, 0.2) is 6.10 Å². The number of β-lactam (4-membered cyclic amide) rings is 2. The lowest BCUT2D eigenvalue weighted by molar-refractivity contribution is -0.159. The highest BCUT2D eigenvalue weighted by Gasteiger charge is 2.55. The van der Waals surface area contributed by atoms with E-state index >= 15 is 0 Å². The molecule has 2 saturated heterocycles. The Labute approximate surface area is 189 Å². The SMILES string of the molecule is CO[C@H]1C(=O)N(SN2C(=O)[C@H](CO)[C@@H]2c2cccc(Br)c2)[C@H]1c1cccc(Br)c1. The van der Waals surface area contributed by atoms with Crippen molar-refractivity contribution >= 4 is 55.8 Å². The van der Waals surface area contributed by atoms with E-state index in [1.165, 1.54) is 7.11 Å². The fourth-order valence-electron chi connectivity index (χ4n) is 3.70. The highest BCUT2D eigenvalue weighted by Crippen LogP contribution is 2.51. The number of hydrogen-bond donors (Lipinski definition) is 1. The third kappa shape index (κ3) is 3.63. The lowest BCUT2D eigenvalue weighted by atomic mass is 9.86. The van der Waals surface area contributed by atoms with Gasteiger partial charge in [-0.3, -0.25) is 18.2 Å². The van der Waals surface area contributed by atoms with Crippen LogP contribution in [0.5, 0.6) is 0 Å². The van der Waals surface area contributed by atoms with Gasteiger partial charge in [0.1, 0.15) is 6.04 Å². The summed E-state index contributed by atoms with van der Waals surface area (Å²) in [6, 6.07) is 14.7. The van der Waals surface area contributed by atoms with Crippen LogP contribution in [0.15, 0.2) is 57.5 Å². The average Bonchev–Trinajstić information content (AvgIpc) is 2.70. The first-order chi connectivity index (χ1) is 14.0. The Kier molecular flexibility index (Phi) is 6.04. The van der Waals surface area contributed by atoms with Gasteiger partial charge in [0.2, 0.25) is 5.91 Å². The van der Waals surface area contributed by atoms with Gasteiger partial charge in [-0.2, -0.15) is 0 Å². The highest BCUT2D eigenvalue weighted by atomic mass is 79.9. The molecule has 0 spiro atoms. The van der Waals surface area contributed by atoms with Gasteiger partial charge >= 0.3 is 0 Å². The molecule has 2 aliphatic rings. The van der Waals surface area contributed by atoms with Gasteiger partial charge in [0.05, 0.1) is 30.7 Å². The van der Waals surface area contributed by atoms with Crippen molar-refractivity contribution in [2.75, 3.05) is 13.7 Å². The summed E-state index contributed by atoms with van der Waals surface area (Å²) in [6.07, 6.45) is -0.592. The number of amides is 2. The minimum absolute atomic E-state index is 0.185. The summed E-state index contributed by atoms with van der Waals surface area (Å²) in [7, 11) is 1.51. The van der Waals surface area contributed by atoms with Crippen molar-refractivity contribution in [3.63, 3.8) is 0 Å². The predicted octanol–water partition coefficient (Wildman–Crippen LogP) is 3.87. The summed E-state index contributed by atoms with van der Waals surface area (Å²) in [6.45, 7) is -0.239. The monoisotopic (exact) mass is 540 g/mol. The van der Waals surface area contributed by atoms with Crippen LogP contribution in [-0.2, 0) is 14.3 Å². The molecule has 29 heavy (non-hydrogen) atoms. The van der Waals surface area contributed by atoms with Gasteiger partial charge in [-0.25, -0.2) is 0 Å². The molecule has 0 aromatic heterocycles. The molecule has 0 saturated carbocycles. The van der Waals surface area contributed by atoms with Crippen molar-refractivity contribution in [3.05, 3.63) is 68.6 Å². The molecule has 0 aliphatic carbocycles. The summed E-state index contributed by atoms with van der Waals surface area (Å²) in [5.74, 6) is -0.893. The van der Waals surface area contributed by atoms with Gasteiger partial charge in [-0.05, 0) is 35.4 Å². The standard InChI is InChI=1S/C20H18Br2N2O4S/c1-28-18-17(12-5-3-7-14(22)9-12)24(20(18)27)29-23-16(15(10-25)19(23)26)11-4-2-6-13(21)8-11/h2-9,15-18,25H,10H2,1H3/t15-,16+,17+,18-/m1/s1. The molecule has 4 atom stereocenters. The third-order valence-corrected chi connectivity index (χ3v) is 7.33. The van der Waals surface area contributed by atoms with Crippen LogP contribution < -0.4 is 0 Å². The number of carbonyl (C=O) groups excluding carboxylic acids is 2. The molecule has 2 aliphatic heterocycles. The largest absolute Gasteiger partial charge is 0.395 e. The minimum Gasteiger partial charge on any atom is -0.395 e. The number of ether oxygens (including phenoxy) is 1. The number of aliphatic hydroxyl groups excluding tert-OH is 1. The number of hydrogen-bond acceptors (Lipinski definition) is 5. The molecule has 2 fully saturated rings. The number of rotatable bonds is 6. The van der Waals surface area contributed by atoms with E-state index in [0.29, 0.717) is 0 Å². The molecule has 2 heterocycles. The van der Waals surface area contributed by atoms with Crippen LogP contribution in [0.4, 0.5) is 0 Å². The van der Waals surface area contributed by atoms with Crippen LogP contribution in [0.2, 0.25) is 0 Å². The number of aliphatic hydroxyl groups is 1. The predicted molar refractivity (Wildman–Crippen MR) is 116 cm³/mol. The van der Waals surface area contributed by atoms with Crippen molar-refractivity contribution in [1.82, 2.24) is 8.61 Å². The third-order valence-electron chi connectivity index (χ3n) is 5.18. The zero-order chi connectivity index (χ0) is 20.7. The second-order valence-corrected chi connectivity index (χ2v) is 9.64. The molecule has 6 nitrogen and oxygen atoms in total. The van der Waals surface area contributed by atoms with Crippen LogP contribution in [0.25, 0.3) is 0 Å². The number of methoxy groups -OCH3 is 1. The maximum atomic E-state index is 12.7. The van der Waals surface area contributed by atoms with E-state index in [2.05, 4.69) is 31.9 Å². The highest BCUT2D eigenvalue weighted by molar-refractivity contribution is 9.10. The molecule has 2 aromatic rings. The first-order valence-electron chi connectivity index (χ1n) is 8.95. The molecule has 4 rings (SSSR count). The fraction of sp³-hybridized carbons (Fsp3) is 0.300. The molecule has 0 radical (unpaired) electrons. The first-order valence-corrected chi connectivity index (χ1v) is 11.3. The average molecular weight is 542 g/mol. The van der Waals surface area contributed by atoms with E-state index in [1.807, 2.05) is 48.5 Å². The van der Waals surface area contributed by atoms with Crippen molar-refractivity contribution in [2.24, 2.45) is 5.92 Å². The summed E-state index contributed by atoms with van der Waals surface area (Å²) in [5.41, 5.74) is 1.82. The molecule has 2 aromatic carbocycles. The summed E-state index contributed by atoms with van der Waals surface area (Å²) in [4.78, 5) is 25.3. The normalized spacial score (nSPS) is 26.3. The second-order valence-electron chi connectivity index (χ2n) is 6.85. The molecule has 0 unspecified atom stereocenters. The van der Waals surface area contributed by atoms with Crippen molar-refractivity contribution in [3.8, 4) is 0 Å². The van der Waals surface area contributed by atoms with E-state index in [9.17, 15) is 14.7 Å². The summed E-state index contributed by atoms with van der Waals surface area (Å²) in [5, 5.41) is 9.70. The molecule has 0 bridgehead atoms. The van der Waals surface area contributed by atoms with E-state index in [1.54, 1.807) is 8.61 Å². The Bertz CT molecular complexity index is 884. The van der Waals surface area contributed by atoms with Crippen LogP contribution in [-0.4, -0.2) is 45.4 Å². The van der Waals surface area contributed by atoms with Crippen LogP contribution >= 0.6 is 44.0 Å². The zero-order valence-electron chi connectivity index (χ0n) is 15.4. The smallest absolute Gasteiger partial charge is 0.266 e. The number of nitrogens with zero attached hydrogens (tertiary/aromatic N) is 2. The lowest BCUT2D eigenvalue weighted by Gasteiger charge is -2.52. The molecule has 152 valence electrons. The van der Waals surface area contributed by atoms with Crippen LogP contribution in [0, 0.1) is 5.92 Å². The Balaban J connectivity index is 1.60. The van der Waals surface area contributed by atoms with Crippen molar-refractivity contribution in [2.45, 2.75) is 18.2 Å². The maximum absolute atomic E-state index is 12.7. The Morgan fingerprint density at radius 2 is 1.52 bits per heavy atom. The Hall–Kier alpha value is -1.39. The quantitative estimate of drug-likeness (QED) is 0.444. The minimum atomic E-state index is -0.592. The van der Waals surface area contributed by atoms with Gasteiger partial charge in [0.25, 0.3) is 5.91 Å². The van der Waals surface area contributed by atoms with Crippen molar-refractivity contribution in [1.29, 1.82) is 0 Å². The molecule has 9 heteroatoms. The number of carbonyl (C=O) groups is 2. The lowest BCUT2D eigenvalue weighted by Crippen LogP contribution is -2.60. The fourth-order valence-corrected chi connectivity index (χ4v) is 5.83. The number of halogens is 2. The van der Waals surface area contributed by atoms with E-state index in [4.69, 9.17) is 4.74 Å². The van der Waals surface area contributed by atoms with Gasteiger partial charge in [0, 0.05) is 16.1 Å². The van der Waals surface area contributed by atoms with Crippen LogP contribution in [0.1, 0.15) is 23.2 Å². The van der Waals surface area contributed by atoms with Gasteiger partial charge < -0.3 is 9.84 Å².